The number of fused-ring (bicyclic) bond motifs is 5. The first-order valence-electron chi connectivity index (χ1n) is 14.4. The first-order chi connectivity index (χ1) is 22.1. The standard InChI is InChI=1S/C35H26ClN3O6S/c1-5-14-44-32(42)30-20(4)37-34(46-30)39-31(41)29-27(28(40)23-15-18(2)19(3)16-26(23)45-29)35(39)24-8-6-7-9-25(24)38(33(35)43)17-21-10-12-22(36)13-11-21/h5-13,15-16H,1,14,17H2,2-4H3. The molecular weight excluding hydrogens is 626 g/mol. The molecule has 46 heavy (non-hydrogen) atoms. The predicted octanol–water partition coefficient (Wildman–Crippen LogP) is 6.62. The van der Waals surface area contributed by atoms with Gasteiger partial charge in [0, 0.05) is 10.6 Å². The summed E-state index contributed by atoms with van der Waals surface area (Å²) in [4.78, 5) is 64.7. The lowest BCUT2D eigenvalue weighted by atomic mass is 9.84. The smallest absolute Gasteiger partial charge is 0.350 e. The van der Waals surface area contributed by atoms with Crippen LogP contribution in [0.4, 0.5) is 10.8 Å². The Kier molecular flexibility index (Phi) is 6.95. The Hall–Kier alpha value is -5.06. The van der Waals surface area contributed by atoms with Gasteiger partial charge in [-0.15, -0.1) is 0 Å². The van der Waals surface area contributed by atoms with Crippen molar-refractivity contribution in [2.24, 2.45) is 0 Å². The first-order valence-corrected chi connectivity index (χ1v) is 15.6. The fourth-order valence-corrected chi connectivity index (χ4v) is 7.35. The van der Waals surface area contributed by atoms with Gasteiger partial charge in [-0.05, 0) is 67.8 Å². The van der Waals surface area contributed by atoms with Gasteiger partial charge in [-0.2, -0.15) is 0 Å². The number of nitrogens with zero attached hydrogens (tertiary/aromatic N) is 3. The molecule has 0 radical (unpaired) electrons. The van der Waals surface area contributed by atoms with Crippen LogP contribution in [0.2, 0.25) is 5.02 Å². The van der Waals surface area contributed by atoms with E-state index in [4.69, 9.17) is 20.8 Å². The molecule has 0 saturated carbocycles. The number of hydrogen-bond donors (Lipinski definition) is 0. The van der Waals surface area contributed by atoms with E-state index in [2.05, 4.69) is 11.6 Å². The van der Waals surface area contributed by atoms with Crippen LogP contribution in [0.5, 0.6) is 0 Å². The van der Waals surface area contributed by atoms with E-state index in [-0.39, 0.29) is 45.5 Å². The lowest BCUT2D eigenvalue weighted by Gasteiger charge is -2.32. The van der Waals surface area contributed by atoms with Crippen molar-refractivity contribution < 1.29 is 23.5 Å². The number of benzene rings is 3. The number of esters is 1. The number of carbonyl (C=O) groups excluding carboxylic acids is 3. The fraction of sp³-hybridized carbons (Fsp3) is 0.171. The molecule has 5 aromatic rings. The van der Waals surface area contributed by atoms with Crippen molar-refractivity contribution in [1.82, 2.24) is 4.98 Å². The van der Waals surface area contributed by atoms with Crippen molar-refractivity contribution in [2.75, 3.05) is 16.4 Å². The second kappa shape index (κ2) is 10.8. The number of hydrogen-bond acceptors (Lipinski definition) is 8. The van der Waals surface area contributed by atoms with Crippen LogP contribution in [0.3, 0.4) is 0 Å². The first kappa shape index (κ1) is 29.6. The molecule has 0 bridgehead atoms. The molecule has 11 heteroatoms. The monoisotopic (exact) mass is 651 g/mol. The molecule has 0 fully saturated rings. The van der Waals surface area contributed by atoms with Gasteiger partial charge < -0.3 is 14.1 Å². The third kappa shape index (κ3) is 4.17. The highest BCUT2D eigenvalue weighted by molar-refractivity contribution is 7.17. The van der Waals surface area contributed by atoms with Gasteiger partial charge in [0.25, 0.3) is 11.8 Å². The fourth-order valence-electron chi connectivity index (χ4n) is 6.21. The second-order valence-corrected chi connectivity index (χ2v) is 12.7. The highest BCUT2D eigenvalue weighted by atomic mass is 35.5. The Bertz CT molecular complexity index is 2200. The summed E-state index contributed by atoms with van der Waals surface area (Å²) in [5, 5.41) is 0.847. The number of anilines is 2. The van der Waals surface area contributed by atoms with Gasteiger partial charge in [0.1, 0.15) is 17.1 Å². The van der Waals surface area contributed by atoms with E-state index in [0.717, 1.165) is 28.0 Å². The zero-order valence-electron chi connectivity index (χ0n) is 25.0. The molecule has 0 aliphatic carbocycles. The largest absolute Gasteiger partial charge is 0.457 e. The molecule has 7 rings (SSSR count). The third-order valence-electron chi connectivity index (χ3n) is 8.49. The van der Waals surface area contributed by atoms with Gasteiger partial charge in [0.15, 0.2) is 16.1 Å². The molecule has 2 aliphatic heterocycles. The Labute approximate surface area is 272 Å². The zero-order valence-corrected chi connectivity index (χ0v) is 26.6. The zero-order chi connectivity index (χ0) is 32.5. The van der Waals surface area contributed by atoms with E-state index >= 15 is 4.79 Å². The van der Waals surface area contributed by atoms with E-state index in [1.54, 1.807) is 60.4 Å². The van der Waals surface area contributed by atoms with Gasteiger partial charge >= 0.3 is 5.97 Å². The average molecular weight is 652 g/mol. The Morgan fingerprint density at radius 2 is 1.78 bits per heavy atom. The average Bonchev–Trinajstić information content (AvgIpc) is 3.63. The Morgan fingerprint density at radius 3 is 2.52 bits per heavy atom. The van der Waals surface area contributed by atoms with Crippen LogP contribution in [0.1, 0.15) is 53.7 Å². The quantitative estimate of drug-likeness (QED) is 0.150. The predicted molar refractivity (Wildman–Crippen MR) is 176 cm³/mol. The van der Waals surface area contributed by atoms with Crippen molar-refractivity contribution in [3.8, 4) is 0 Å². The van der Waals surface area contributed by atoms with E-state index in [0.29, 0.717) is 22.0 Å². The van der Waals surface area contributed by atoms with E-state index in [9.17, 15) is 14.4 Å². The van der Waals surface area contributed by atoms with Crippen LogP contribution in [0.25, 0.3) is 11.0 Å². The molecule has 1 spiro atoms. The maximum Gasteiger partial charge on any atom is 0.350 e. The highest BCUT2D eigenvalue weighted by Crippen LogP contribution is 2.55. The number of thiazole rings is 1. The topological polar surface area (TPSA) is 110 Å². The summed E-state index contributed by atoms with van der Waals surface area (Å²) in [5.74, 6) is -2.15. The van der Waals surface area contributed by atoms with E-state index in [1.165, 1.54) is 11.0 Å². The summed E-state index contributed by atoms with van der Waals surface area (Å²) >= 11 is 7.04. The molecule has 2 aromatic heterocycles. The van der Waals surface area contributed by atoms with Crippen molar-refractivity contribution in [3.63, 3.8) is 0 Å². The van der Waals surface area contributed by atoms with Crippen molar-refractivity contribution in [2.45, 2.75) is 32.9 Å². The van der Waals surface area contributed by atoms with Crippen LogP contribution in [-0.4, -0.2) is 29.4 Å². The summed E-state index contributed by atoms with van der Waals surface area (Å²) in [7, 11) is 0. The minimum atomic E-state index is -1.96. The molecule has 2 aliphatic rings. The third-order valence-corrected chi connectivity index (χ3v) is 9.86. The highest BCUT2D eigenvalue weighted by Gasteiger charge is 2.66. The normalized spacial score (nSPS) is 16.8. The number of carbonyl (C=O) groups is 3. The molecule has 9 nitrogen and oxygen atoms in total. The molecule has 3 aromatic carbocycles. The van der Waals surface area contributed by atoms with E-state index < -0.39 is 28.8 Å². The van der Waals surface area contributed by atoms with Crippen LogP contribution < -0.4 is 15.2 Å². The van der Waals surface area contributed by atoms with Crippen LogP contribution >= 0.6 is 22.9 Å². The lowest BCUT2D eigenvalue weighted by Crippen LogP contribution is -2.53. The van der Waals surface area contributed by atoms with Gasteiger partial charge in [-0.3, -0.25) is 19.3 Å². The van der Waals surface area contributed by atoms with Gasteiger partial charge in [-0.1, -0.05) is 65.9 Å². The number of rotatable bonds is 6. The summed E-state index contributed by atoms with van der Waals surface area (Å²) in [6.07, 6.45) is 1.44. The van der Waals surface area contributed by atoms with Gasteiger partial charge in [-0.25, -0.2) is 9.78 Å². The molecule has 1 unspecified atom stereocenters. The summed E-state index contributed by atoms with van der Waals surface area (Å²) in [6, 6.07) is 17.6. The van der Waals surface area contributed by atoms with Crippen molar-refractivity contribution >= 4 is 62.5 Å². The second-order valence-electron chi connectivity index (χ2n) is 11.3. The van der Waals surface area contributed by atoms with Gasteiger partial charge in [0.05, 0.1) is 28.9 Å². The molecule has 4 heterocycles. The number of ether oxygens (including phenoxy) is 1. The minimum absolute atomic E-state index is 0.0150. The summed E-state index contributed by atoms with van der Waals surface area (Å²) in [6.45, 7) is 9.08. The molecule has 2 amide bonds. The van der Waals surface area contributed by atoms with E-state index in [1.807, 2.05) is 26.0 Å². The Balaban J connectivity index is 1.52. The van der Waals surface area contributed by atoms with Crippen LogP contribution in [0, 0.1) is 20.8 Å². The van der Waals surface area contributed by atoms with Gasteiger partial charge in [0.2, 0.25) is 5.76 Å². The number of aromatic nitrogens is 1. The summed E-state index contributed by atoms with van der Waals surface area (Å²) in [5.41, 5.74) is 1.45. The lowest BCUT2D eigenvalue weighted by molar-refractivity contribution is -0.121. The molecule has 1 atom stereocenters. The van der Waals surface area contributed by atoms with Crippen LogP contribution in [0.15, 0.2) is 82.5 Å². The maximum atomic E-state index is 15.1. The minimum Gasteiger partial charge on any atom is -0.457 e. The maximum absolute atomic E-state index is 15.1. The number of para-hydroxylation sites is 1. The Morgan fingerprint density at radius 1 is 1.07 bits per heavy atom. The van der Waals surface area contributed by atoms with Crippen molar-refractivity contribution in [3.05, 3.63) is 133 Å². The number of aryl methyl sites for hydroxylation is 3. The van der Waals surface area contributed by atoms with Crippen LogP contribution in [-0.2, 0) is 21.6 Å². The van der Waals surface area contributed by atoms with Crippen molar-refractivity contribution in [1.29, 1.82) is 0 Å². The summed E-state index contributed by atoms with van der Waals surface area (Å²) < 4.78 is 11.5. The SMILES string of the molecule is C=CCOC(=O)c1sc(N2C(=O)c3oc4cc(C)c(C)cc4c(=O)c3C23C(=O)N(Cc2ccc(Cl)cc2)c2ccccc23)nc1C. The molecule has 230 valence electrons. The molecular formula is C35H26ClN3O6S. The molecule has 0 saturated heterocycles. The number of amides is 2. The number of halogens is 1. The molecule has 0 N–H and O–H groups in total.